The van der Waals surface area contributed by atoms with E-state index in [4.69, 9.17) is 30.5 Å². The molecule has 60 heavy (non-hydrogen) atoms. The Morgan fingerprint density at radius 2 is 1.73 bits per heavy atom. The number of nitrogens with zero attached hydrogens (tertiary/aromatic N) is 3. The van der Waals surface area contributed by atoms with Gasteiger partial charge < -0.3 is 39.0 Å². The van der Waals surface area contributed by atoms with E-state index in [1.165, 1.54) is 21.1 Å². The zero-order valence-electron chi connectivity index (χ0n) is 35.6. The van der Waals surface area contributed by atoms with Gasteiger partial charge in [0.15, 0.2) is 6.10 Å². The molecule has 2 bridgehead atoms. The van der Waals surface area contributed by atoms with Gasteiger partial charge in [0.05, 0.1) is 33.0 Å². The van der Waals surface area contributed by atoms with Crippen LogP contribution in [0.4, 0.5) is 5.69 Å². The second-order valence-corrected chi connectivity index (χ2v) is 18.8. The first kappa shape index (κ1) is 41.2. The van der Waals surface area contributed by atoms with E-state index >= 15 is 4.79 Å². The Balaban J connectivity index is 1.37. The molecule has 1 aliphatic carbocycles. The minimum absolute atomic E-state index is 0.128. The van der Waals surface area contributed by atoms with Gasteiger partial charge in [-0.3, -0.25) is 19.4 Å². The molecule has 3 aromatic rings. The summed E-state index contributed by atoms with van der Waals surface area (Å²) in [4.78, 5) is 53.1. The van der Waals surface area contributed by atoms with Crippen LogP contribution in [0.5, 0.6) is 5.75 Å². The molecule has 1 aromatic heterocycles. The molecule has 2 aromatic carbocycles. The smallest absolute Gasteiger partial charge is 0.344 e. The van der Waals surface area contributed by atoms with Gasteiger partial charge in [-0.25, -0.2) is 4.79 Å². The number of piperidine rings is 1. The van der Waals surface area contributed by atoms with E-state index in [0.717, 1.165) is 27.7 Å². The largest absolute Gasteiger partial charge is 0.496 e. The number of ether oxygens (including phenoxy) is 4. The molecule has 14 heteroatoms. The third-order valence-electron chi connectivity index (χ3n) is 15.7. The fourth-order valence-electron chi connectivity index (χ4n) is 13.5. The summed E-state index contributed by atoms with van der Waals surface area (Å²) in [6.45, 7) is 8.48. The summed E-state index contributed by atoms with van der Waals surface area (Å²) in [5, 5.41) is 26.8. The Morgan fingerprint density at radius 1 is 0.967 bits per heavy atom. The van der Waals surface area contributed by atoms with Gasteiger partial charge in [-0.1, -0.05) is 37.6 Å². The molecule has 13 nitrogen and oxygen atoms in total. The van der Waals surface area contributed by atoms with E-state index in [1.54, 1.807) is 7.11 Å². The SMILES string of the molecule is CC[C@]1(O)C[C@@H]2CN(CCc3c([nH]c4ccc(Cl)cc34)[C@@](C(=O)OC)(c3cc4c(cc3OC)N(C)C3C(O)(C(=O)OC)[C@H](OC(C)=O)[C@]5(CC)C=CCN6CC[C@]43[C@@H]65)C2)C1. The van der Waals surface area contributed by atoms with Crippen molar-refractivity contribution in [3.63, 3.8) is 0 Å². The van der Waals surface area contributed by atoms with Crippen LogP contribution in [-0.4, -0.2) is 133 Å². The van der Waals surface area contributed by atoms with Crippen molar-refractivity contribution in [3.05, 3.63) is 69.9 Å². The average Bonchev–Trinajstić information content (AvgIpc) is 3.89. The molecule has 3 fully saturated rings. The molecule has 0 amide bonds. The number of H-pyrrole nitrogens is 1. The number of carbonyl (C=O) groups excluding carboxylic acids is 3. The number of anilines is 1. The lowest BCUT2D eigenvalue weighted by Gasteiger charge is -2.63. The molecular weight excluding hydrogens is 788 g/mol. The topological polar surface area (TPSA) is 154 Å². The van der Waals surface area contributed by atoms with E-state index in [9.17, 15) is 19.8 Å². The maximum Gasteiger partial charge on any atom is 0.344 e. The number of halogens is 1. The number of benzene rings is 2. The van der Waals surface area contributed by atoms with Gasteiger partial charge in [-0.2, -0.15) is 0 Å². The quantitative estimate of drug-likeness (QED) is 0.173. The number of methoxy groups -OCH3 is 3. The molecule has 10 atom stereocenters. The first-order valence-corrected chi connectivity index (χ1v) is 21.7. The lowest BCUT2D eigenvalue weighted by Crippen LogP contribution is -2.81. The monoisotopic (exact) mass is 844 g/mol. The molecule has 1 saturated carbocycles. The Kier molecular flexibility index (Phi) is 9.76. The summed E-state index contributed by atoms with van der Waals surface area (Å²) in [6, 6.07) is 8.47. The maximum absolute atomic E-state index is 15.4. The highest BCUT2D eigenvalue weighted by Gasteiger charge is 2.80. The highest BCUT2D eigenvalue weighted by atomic mass is 35.5. The van der Waals surface area contributed by atoms with Gasteiger partial charge in [-0.15, -0.1) is 0 Å². The number of likely N-dealkylation sites (N-methyl/N-ethyl adjacent to an activating group) is 1. The van der Waals surface area contributed by atoms with Crippen molar-refractivity contribution in [2.75, 3.05) is 66.0 Å². The normalized spacial score (nSPS) is 36.6. The van der Waals surface area contributed by atoms with E-state index in [0.29, 0.717) is 93.3 Å². The van der Waals surface area contributed by atoms with Crippen molar-refractivity contribution in [2.24, 2.45) is 11.3 Å². The molecule has 6 aliphatic rings. The first-order valence-electron chi connectivity index (χ1n) is 21.3. The predicted molar refractivity (Wildman–Crippen MR) is 225 cm³/mol. The second-order valence-electron chi connectivity index (χ2n) is 18.3. The van der Waals surface area contributed by atoms with Crippen molar-refractivity contribution in [3.8, 4) is 5.75 Å². The standard InChI is InChI=1S/C46H57ClN4O9/c1-8-42(55)22-27-23-45(40(53)58-6,36-29(13-17-50(24-27)25-42)30-19-28(47)11-12-33(30)48-36)32-20-31-34(21-35(32)57-5)49(4)38-44(31)15-18-51-16-10-14-43(9-2,37(44)51)39(60-26(3)52)46(38,56)41(54)59-7/h10-12,14,19-21,27,37-39,48,55-56H,8-9,13,15-18,22-25H2,1-7H3/t27-,37-,38?,39+,42-,43+,44+,45-,46?/m0/s1. The molecular formula is C46H57ClN4O9. The molecule has 3 unspecified atom stereocenters. The van der Waals surface area contributed by atoms with Crippen LogP contribution < -0.4 is 9.64 Å². The van der Waals surface area contributed by atoms with Gasteiger partial charge in [0.2, 0.25) is 5.60 Å². The van der Waals surface area contributed by atoms with Crippen LogP contribution >= 0.6 is 11.6 Å². The number of hydrogen-bond acceptors (Lipinski definition) is 12. The minimum atomic E-state index is -2.32. The zero-order valence-corrected chi connectivity index (χ0v) is 36.4. The van der Waals surface area contributed by atoms with Crippen molar-refractivity contribution in [2.45, 2.75) is 99.5 Å². The highest BCUT2D eigenvalue weighted by Crippen LogP contribution is 2.68. The van der Waals surface area contributed by atoms with Gasteiger partial charge in [0, 0.05) is 96.0 Å². The molecule has 6 heterocycles. The van der Waals surface area contributed by atoms with Crippen molar-refractivity contribution in [1.82, 2.24) is 14.8 Å². The Bertz CT molecular complexity index is 2320. The molecule has 322 valence electrons. The molecule has 9 rings (SSSR count). The number of esters is 3. The average molecular weight is 845 g/mol. The molecule has 1 spiro atoms. The van der Waals surface area contributed by atoms with Crippen molar-refractivity contribution >= 4 is 46.1 Å². The summed E-state index contributed by atoms with van der Waals surface area (Å²) in [5.74, 6) is -1.67. The van der Waals surface area contributed by atoms with Crippen LogP contribution in [0.1, 0.15) is 75.3 Å². The summed E-state index contributed by atoms with van der Waals surface area (Å²) in [5.41, 5.74) is -2.02. The summed E-state index contributed by atoms with van der Waals surface area (Å²) < 4.78 is 23.9. The first-order chi connectivity index (χ1) is 28.6. The Hall–Kier alpha value is -4.14. The predicted octanol–water partition coefficient (Wildman–Crippen LogP) is 4.64. The molecule has 5 aliphatic heterocycles. The molecule has 3 N–H and O–H groups in total. The summed E-state index contributed by atoms with van der Waals surface area (Å²) in [7, 11) is 6.11. The number of aliphatic hydroxyl groups is 2. The minimum Gasteiger partial charge on any atom is -0.496 e. The van der Waals surface area contributed by atoms with Crippen LogP contribution in [0.25, 0.3) is 10.9 Å². The van der Waals surface area contributed by atoms with Crippen molar-refractivity contribution in [1.29, 1.82) is 0 Å². The van der Waals surface area contributed by atoms with Crippen LogP contribution in [0, 0.1) is 11.3 Å². The fraction of sp³-hybridized carbons (Fsp3) is 0.587. The fourth-order valence-corrected chi connectivity index (χ4v) is 13.7. The molecule has 2 saturated heterocycles. The lowest BCUT2D eigenvalue weighted by atomic mass is 9.47. The number of rotatable bonds is 7. The number of hydrogen-bond donors (Lipinski definition) is 3. The third-order valence-corrected chi connectivity index (χ3v) is 15.9. The third kappa shape index (κ3) is 5.34. The summed E-state index contributed by atoms with van der Waals surface area (Å²) in [6.07, 6.45) is 5.76. The van der Waals surface area contributed by atoms with E-state index in [1.807, 2.05) is 62.2 Å². The van der Waals surface area contributed by atoms with E-state index in [2.05, 4.69) is 20.9 Å². The van der Waals surface area contributed by atoms with Gasteiger partial charge in [0.1, 0.15) is 11.2 Å². The van der Waals surface area contributed by atoms with Gasteiger partial charge >= 0.3 is 17.9 Å². The van der Waals surface area contributed by atoms with Crippen LogP contribution in [0.15, 0.2) is 42.5 Å². The van der Waals surface area contributed by atoms with Crippen molar-refractivity contribution < 1.29 is 43.5 Å². The Morgan fingerprint density at radius 3 is 2.42 bits per heavy atom. The number of aromatic amines is 1. The lowest BCUT2D eigenvalue weighted by molar-refractivity contribution is -0.228. The van der Waals surface area contributed by atoms with Gasteiger partial charge in [0.25, 0.3) is 0 Å². The van der Waals surface area contributed by atoms with Crippen LogP contribution in [0.2, 0.25) is 5.02 Å². The second kappa shape index (κ2) is 14.2. The van der Waals surface area contributed by atoms with E-state index in [-0.39, 0.29) is 12.0 Å². The van der Waals surface area contributed by atoms with Gasteiger partial charge in [-0.05, 0) is 86.4 Å². The van der Waals surface area contributed by atoms with E-state index < -0.39 is 57.5 Å². The molecule has 0 radical (unpaired) electrons. The maximum atomic E-state index is 15.4. The Labute approximate surface area is 355 Å². The number of carbonyl (C=O) groups is 3. The van der Waals surface area contributed by atoms with Crippen LogP contribution in [-0.2, 0) is 45.8 Å². The highest BCUT2D eigenvalue weighted by molar-refractivity contribution is 6.31. The number of fused-ring (bicyclic) bond motifs is 6. The number of nitrogens with one attached hydrogen (secondary N) is 1. The van der Waals surface area contributed by atoms with Crippen LogP contribution in [0.3, 0.4) is 0 Å². The summed E-state index contributed by atoms with van der Waals surface area (Å²) >= 11 is 6.68. The number of aromatic nitrogens is 1. The zero-order chi connectivity index (χ0) is 42.7.